The van der Waals surface area contributed by atoms with Crippen LogP contribution in [-0.4, -0.2) is 48.8 Å². The maximum absolute atomic E-state index is 11.8. The molecule has 0 amide bonds. The highest BCUT2D eigenvalue weighted by molar-refractivity contribution is 6.99. The van der Waals surface area contributed by atoms with Crippen molar-refractivity contribution in [2.45, 2.75) is 97.7 Å². The first-order valence-electron chi connectivity index (χ1n) is 14.4. The number of carbonyl (C=O) groups excluding carboxylic acids is 1. The molecule has 0 N–H and O–H groups in total. The van der Waals surface area contributed by atoms with E-state index in [1.54, 1.807) is 7.11 Å². The summed E-state index contributed by atoms with van der Waals surface area (Å²) >= 11 is 0. The highest BCUT2D eigenvalue weighted by Crippen LogP contribution is 2.41. The van der Waals surface area contributed by atoms with Gasteiger partial charge in [0.2, 0.25) is 0 Å². The molecule has 0 spiro atoms. The third-order valence-electron chi connectivity index (χ3n) is 8.82. The van der Waals surface area contributed by atoms with Crippen molar-refractivity contribution in [2.24, 2.45) is 17.8 Å². The van der Waals surface area contributed by atoms with Crippen LogP contribution in [0.3, 0.4) is 0 Å². The van der Waals surface area contributed by atoms with Gasteiger partial charge in [0, 0.05) is 31.5 Å². The van der Waals surface area contributed by atoms with E-state index in [9.17, 15) is 4.79 Å². The van der Waals surface area contributed by atoms with Crippen molar-refractivity contribution >= 4 is 33.3 Å². The third-order valence-corrected chi connectivity index (χ3v) is 18.3. The molecule has 2 aromatic rings. The first-order valence-corrected chi connectivity index (χ1v) is 19.3. The summed E-state index contributed by atoms with van der Waals surface area (Å²) in [5.74, 6) is -0.116. The molecular weight excluding hydrogens is 517 g/mol. The first-order chi connectivity index (χ1) is 18.0. The van der Waals surface area contributed by atoms with Crippen LogP contribution in [0.4, 0.5) is 0 Å². The van der Waals surface area contributed by atoms with Crippen LogP contribution in [-0.2, 0) is 18.4 Å². The average Bonchev–Trinajstić information content (AvgIpc) is 2.87. The quantitative estimate of drug-likeness (QED) is 0.191. The Bertz CT molecular complexity index is 972. The van der Waals surface area contributed by atoms with Gasteiger partial charge in [-0.05, 0) is 33.5 Å². The van der Waals surface area contributed by atoms with Gasteiger partial charge in [0.1, 0.15) is 6.29 Å². The van der Waals surface area contributed by atoms with Crippen molar-refractivity contribution in [2.75, 3.05) is 13.7 Å². The van der Waals surface area contributed by atoms with Crippen LogP contribution >= 0.6 is 0 Å². The zero-order chi connectivity index (χ0) is 29.6. The smallest absolute Gasteiger partial charge is 0.261 e. The molecule has 0 aliphatic carbocycles. The number of rotatable bonds is 13. The van der Waals surface area contributed by atoms with Crippen molar-refractivity contribution in [1.82, 2.24) is 0 Å². The summed E-state index contributed by atoms with van der Waals surface area (Å²) < 4.78 is 20.4. The number of hydrogen-bond donors (Lipinski definition) is 0. The Balaban J connectivity index is 2.57. The Kier molecular flexibility index (Phi) is 11.5. The van der Waals surface area contributed by atoms with Crippen LogP contribution in [0.25, 0.3) is 0 Å². The maximum atomic E-state index is 11.8. The number of ether oxygens (including phenoxy) is 1. The van der Waals surface area contributed by atoms with Crippen LogP contribution in [0, 0.1) is 17.8 Å². The predicted molar refractivity (Wildman–Crippen MR) is 170 cm³/mol. The van der Waals surface area contributed by atoms with Crippen LogP contribution in [0.5, 0.6) is 0 Å². The van der Waals surface area contributed by atoms with E-state index in [0.717, 1.165) is 6.29 Å². The van der Waals surface area contributed by atoms with Crippen molar-refractivity contribution in [3.8, 4) is 0 Å². The van der Waals surface area contributed by atoms with Crippen molar-refractivity contribution in [3.05, 3.63) is 60.7 Å². The zero-order valence-corrected chi connectivity index (χ0v) is 28.6. The molecular formula is C33H54O4Si2. The summed E-state index contributed by atoms with van der Waals surface area (Å²) in [4.78, 5) is 11.8. The number of methoxy groups -OCH3 is 1. The largest absolute Gasteiger partial charge is 0.413 e. The Morgan fingerprint density at radius 1 is 0.769 bits per heavy atom. The fourth-order valence-corrected chi connectivity index (χ4v) is 11.7. The Morgan fingerprint density at radius 2 is 1.23 bits per heavy atom. The maximum Gasteiger partial charge on any atom is 0.261 e. The SMILES string of the molecule is CO[C@H]([C@H](C)[C@@H](O[Si](C)(C)C(C)(C)C)[C@@H](C)CO[Si](c1ccccc1)(c1ccccc1)C(C)(C)C)[C@@H](C)C=O. The minimum Gasteiger partial charge on any atom is -0.413 e. The van der Waals surface area contributed by atoms with E-state index in [-0.39, 0.29) is 40.0 Å². The summed E-state index contributed by atoms with van der Waals surface area (Å²) in [7, 11) is -3.11. The van der Waals surface area contributed by atoms with Crippen molar-refractivity contribution < 1.29 is 18.4 Å². The highest BCUT2D eigenvalue weighted by atomic mass is 28.4. The second-order valence-corrected chi connectivity index (χ2v) is 22.9. The molecule has 39 heavy (non-hydrogen) atoms. The Labute approximate surface area is 241 Å². The fourth-order valence-electron chi connectivity index (χ4n) is 5.54. The molecule has 0 radical (unpaired) electrons. The van der Waals surface area contributed by atoms with Gasteiger partial charge in [-0.2, -0.15) is 0 Å². The van der Waals surface area contributed by atoms with Crippen LogP contribution in [0.15, 0.2) is 60.7 Å². The van der Waals surface area contributed by atoms with Gasteiger partial charge in [-0.25, -0.2) is 0 Å². The summed E-state index contributed by atoms with van der Waals surface area (Å²) in [5.41, 5.74) is 0. The van der Waals surface area contributed by atoms with E-state index in [4.69, 9.17) is 13.6 Å². The number of aldehydes is 1. The van der Waals surface area contributed by atoms with E-state index in [2.05, 4.69) is 129 Å². The van der Waals surface area contributed by atoms with E-state index >= 15 is 0 Å². The van der Waals surface area contributed by atoms with Gasteiger partial charge in [0.05, 0.1) is 12.2 Å². The Hall–Kier alpha value is -1.58. The molecule has 2 rings (SSSR count). The molecule has 2 aromatic carbocycles. The second-order valence-electron chi connectivity index (χ2n) is 13.8. The molecule has 0 aliphatic heterocycles. The average molecular weight is 571 g/mol. The minimum atomic E-state index is -2.68. The topological polar surface area (TPSA) is 44.8 Å². The molecule has 6 heteroatoms. The first kappa shape index (κ1) is 33.6. The van der Waals surface area contributed by atoms with Gasteiger partial charge in [0.25, 0.3) is 8.32 Å². The molecule has 4 nitrogen and oxygen atoms in total. The lowest BCUT2D eigenvalue weighted by Crippen LogP contribution is -2.67. The van der Waals surface area contributed by atoms with Crippen LogP contribution < -0.4 is 10.4 Å². The number of hydrogen-bond acceptors (Lipinski definition) is 4. The summed E-state index contributed by atoms with van der Waals surface area (Å²) in [6, 6.07) is 21.5. The molecule has 0 bridgehead atoms. The standard InChI is InChI=1S/C33H54O4Si2/c1-25(23-34)30(35-10)27(3)31(37-38(11,12)32(4,5)6)26(2)24-36-39(33(7,8)9,28-19-15-13-16-20-28)29-21-17-14-18-22-29/h13-23,25-27,30-31H,24H2,1-12H3/t25-,26-,27-,30-,31-/m0/s1. The summed E-state index contributed by atoms with van der Waals surface area (Å²) in [6.45, 7) is 25.2. The van der Waals surface area contributed by atoms with Gasteiger partial charge >= 0.3 is 0 Å². The normalized spacial score (nSPS) is 17.2. The molecule has 5 atom stereocenters. The van der Waals surface area contributed by atoms with Gasteiger partial charge in [-0.3, -0.25) is 0 Å². The van der Waals surface area contributed by atoms with E-state index in [1.807, 2.05) is 6.92 Å². The minimum absolute atomic E-state index is 0.0158. The van der Waals surface area contributed by atoms with Gasteiger partial charge in [0.15, 0.2) is 8.32 Å². The van der Waals surface area contributed by atoms with Crippen molar-refractivity contribution in [3.63, 3.8) is 0 Å². The van der Waals surface area contributed by atoms with Gasteiger partial charge in [-0.15, -0.1) is 0 Å². The zero-order valence-electron chi connectivity index (χ0n) is 26.6. The molecule has 218 valence electrons. The third kappa shape index (κ3) is 7.59. The molecule has 0 heterocycles. The van der Waals surface area contributed by atoms with E-state index in [1.165, 1.54) is 10.4 Å². The van der Waals surface area contributed by atoms with Crippen LogP contribution in [0.2, 0.25) is 23.2 Å². The number of carbonyl (C=O) groups is 1. The molecule has 0 aromatic heterocycles. The molecule has 0 unspecified atom stereocenters. The summed E-state index contributed by atoms with van der Waals surface area (Å²) in [6.07, 6.45) is 0.654. The molecule has 0 saturated heterocycles. The van der Waals surface area contributed by atoms with Crippen LogP contribution in [0.1, 0.15) is 62.3 Å². The number of benzene rings is 2. The molecule has 0 aliphatic rings. The summed E-state index contributed by atoms with van der Waals surface area (Å²) in [5, 5.41) is 2.51. The highest BCUT2D eigenvalue weighted by Gasteiger charge is 2.51. The lowest BCUT2D eigenvalue weighted by molar-refractivity contribution is -0.118. The lowest BCUT2D eigenvalue weighted by Gasteiger charge is -2.46. The molecule has 0 saturated carbocycles. The fraction of sp³-hybridized carbons (Fsp3) is 0.606. The van der Waals surface area contributed by atoms with Gasteiger partial charge < -0.3 is 18.4 Å². The predicted octanol–water partition coefficient (Wildman–Crippen LogP) is 7.08. The van der Waals surface area contributed by atoms with Gasteiger partial charge in [-0.1, -0.05) is 123 Å². The van der Waals surface area contributed by atoms with E-state index < -0.39 is 16.6 Å². The second kappa shape index (κ2) is 13.4. The van der Waals surface area contributed by atoms with E-state index in [0.29, 0.717) is 6.61 Å². The Morgan fingerprint density at radius 3 is 1.59 bits per heavy atom. The van der Waals surface area contributed by atoms with Crippen molar-refractivity contribution in [1.29, 1.82) is 0 Å². The molecule has 0 fully saturated rings. The lowest BCUT2D eigenvalue weighted by atomic mass is 9.85. The monoisotopic (exact) mass is 570 g/mol.